The molecule has 0 bridgehead atoms. The number of hydrogen-bond donors (Lipinski definition) is 0. The van der Waals surface area contributed by atoms with Gasteiger partial charge in [0.1, 0.15) is 0 Å². The number of unbranched alkanes of at least 4 members (excludes halogenated alkanes) is 1. The average Bonchev–Trinajstić information content (AvgIpc) is 2.03. The molecule has 0 amide bonds. The fourth-order valence-electron chi connectivity index (χ4n) is 0.770. The molecule has 0 aliphatic carbocycles. The Morgan fingerprint density at radius 1 is 1.00 bits per heavy atom. The summed E-state index contributed by atoms with van der Waals surface area (Å²) < 4.78 is 0. The minimum Gasteiger partial charge on any atom is -0.0888 e. The lowest BCUT2D eigenvalue weighted by Gasteiger charge is -1.85. The first-order valence-electron chi connectivity index (χ1n) is 4.25. The molecule has 0 aliphatic rings. The molecule has 0 aromatic heterocycles. The Bertz CT molecular complexity index is 129. The summed E-state index contributed by atoms with van der Waals surface area (Å²) in [6.07, 6.45) is 14.7. The Labute approximate surface area is 70.3 Å². The van der Waals surface area contributed by atoms with Crippen molar-refractivity contribution in [3.8, 4) is 0 Å². The van der Waals surface area contributed by atoms with Gasteiger partial charge in [0, 0.05) is 0 Å². The number of rotatable bonds is 6. The van der Waals surface area contributed by atoms with Gasteiger partial charge in [-0.3, -0.25) is 0 Å². The van der Waals surface area contributed by atoms with Crippen LogP contribution in [0.3, 0.4) is 0 Å². The monoisotopic (exact) mass is 149 g/mol. The lowest BCUT2D eigenvalue weighted by Crippen LogP contribution is -1.64. The van der Waals surface area contributed by atoms with Crippen LogP contribution < -0.4 is 0 Å². The Kier molecular flexibility index (Phi) is 8.57. The summed E-state index contributed by atoms with van der Waals surface area (Å²) in [5.74, 6) is 0. The topological polar surface area (TPSA) is 0 Å². The molecule has 0 N–H and O–H groups in total. The van der Waals surface area contributed by atoms with E-state index >= 15 is 0 Å². The molecular formula is C11H17. The van der Waals surface area contributed by atoms with Gasteiger partial charge in [0.15, 0.2) is 0 Å². The smallest absolute Gasteiger partial charge is 0.0166 e. The van der Waals surface area contributed by atoms with Crippen LogP contribution in [0.1, 0.15) is 32.6 Å². The predicted octanol–water partition coefficient (Wildman–Crippen LogP) is 3.67. The SMILES string of the molecule is [CH]=CCC=CCCC=CCC. The van der Waals surface area contributed by atoms with Gasteiger partial charge in [0.2, 0.25) is 0 Å². The minimum atomic E-state index is 0.886. The third kappa shape index (κ3) is 9.22. The molecular weight excluding hydrogens is 132 g/mol. The summed E-state index contributed by atoms with van der Waals surface area (Å²) in [7, 11) is 0. The molecule has 0 saturated carbocycles. The fourth-order valence-corrected chi connectivity index (χ4v) is 0.770. The molecule has 61 valence electrons. The summed E-state index contributed by atoms with van der Waals surface area (Å²) in [5.41, 5.74) is 0. The molecule has 0 heteroatoms. The van der Waals surface area contributed by atoms with Gasteiger partial charge in [-0.05, 0) is 25.7 Å². The van der Waals surface area contributed by atoms with Gasteiger partial charge in [-0.2, -0.15) is 0 Å². The van der Waals surface area contributed by atoms with Crippen LogP contribution in [0.2, 0.25) is 0 Å². The lowest BCUT2D eigenvalue weighted by molar-refractivity contribution is 1.03. The van der Waals surface area contributed by atoms with E-state index in [1.165, 1.54) is 0 Å². The molecule has 0 saturated heterocycles. The highest BCUT2D eigenvalue weighted by Crippen LogP contribution is 1.95. The predicted molar refractivity (Wildman–Crippen MR) is 51.3 cm³/mol. The van der Waals surface area contributed by atoms with Crippen LogP contribution in [0.5, 0.6) is 0 Å². The van der Waals surface area contributed by atoms with Crippen molar-refractivity contribution in [2.24, 2.45) is 0 Å². The van der Waals surface area contributed by atoms with Crippen molar-refractivity contribution in [3.63, 3.8) is 0 Å². The summed E-state index contributed by atoms with van der Waals surface area (Å²) in [4.78, 5) is 0. The van der Waals surface area contributed by atoms with E-state index in [4.69, 9.17) is 6.58 Å². The van der Waals surface area contributed by atoms with E-state index in [0.717, 1.165) is 25.7 Å². The zero-order valence-corrected chi connectivity index (χ0v) is 7.29. The standard InChI is InChI=1S/C11H17/c1-3-5-7-9-11-10-8-6-4-2/h1,3,6-9H,4-5,10-11H2,2H3. The van der Waals surface area contributed by atoms with Crippen molar-refractivity contribution in [2.75, 3.05) is 0 Å². The van der Waals surface area contributed by atoms with E-state index in [9.17, 15) is 0 Å². The Balaban J connectivity index is 3.12. The molecule has 0 rings (SSSR count). The summed E-state index contributed by atoms with van der Waals surface area (Å²) >= 11 is 0. The van der Waals surface area contributed by atoms with E-state index in [2.05, 4.69) is 31.2 Å². The van der Waals surface area contributed by atoms with Gasteiger partial charge < -0.3 is 0 Å². The van der Waals surface area contributed by atoms with Crippen LogP contribution in [0.15, 0.2) is 30.4 Å². The van der Waals surface area contributed by atoms with Gasteiger partial charge in [-0.1, -0.05) is 43.9 Å². The first-order valence-corrected chi connectivity index (χ1v) is 4.25. The van der Waals surface area contributed by atoms with Crippen LogP contribution in [0, 0.1) is 6.58 Å². The molecule has 0 aromatic carbocycles. The quantitative estimate of drug-likeness (QED) is 0.399. The Morgan fingerprint density at radius 3 is 2.18 bits per heavy atom. The zero-order valence-electron chi connectivity index (χ0n) is 7.29. The van der Waals surface area contributed by atoms with Gasteiger partial charge >= 0.3 is 0 Å². The van der Waals surface area contributed by atoms with Crippen LogP contribution in [0.4, 0.5) is 0 Å². The van der Waals surface area contributed by atoms with E-state index in [1.807, 2.05) is 0 Å². The summed E-state index contributed by atoms with van der Waals surface area (Å²) in [5, 5.41) is 0. The van der Waals surface area contributed by atoms with Gasteiger partial charge in [-0.25, -0.2) is 0 Å². The number of allylic oxidation sites excluding steroid dienone is 5. The maximum Gasteiger partial charge on any atom is -0.0166 e. The van der Waals surface area contributed by atoms with Crippen LogP contribution >= 0.6 is 0 Å². The van der Waals surface area contributed by atoms with E-state index < -0.39 is 0 Å². The third-order valence-electron chi connectivity index (χ3n) is 1.34. The maximum atomic E-state index is 5.20. The zero-order chi connectivity index (χ0) is 8.36. The van der Waals surface area contributed by atoms with E-state index in [1.54, 1.807) is 6.08 Å². The van der Waals surface area contributed by atoms with Crippen molar-refractivity contribution in [3.05, 3.63) is 37.0 Å². The highest BCUT2D eigenvalue weighted by Gasteiger charge is 1.74. The molecule has 1 radical (unpaired) electrons. The second-order valence-electron chi connectivity index (χ2n) is 2.40. The summed E-state index contributed by atoms with van der Waals surface area (Å²) in [6.45, 7) is 7.35. The van der Waals surface area contributed by atoms with Crippen molar-refractivity contribution in [1.29, 1.82) is 0 Å². The van der Waals surface area contributed by atoms with E-state index in [-0.39, 0.29) is 0 Å². The molecule has 0 unspecified atom stereocenters. The molecule has 0 fully saturated rings. The van der Waals surface area contributed by atoms with Crippen LogP contribution in [0.25, 0.3) is 0 Å². The molecule has 0 spiro atoms. The molecule has 0 atom stereocenters. The first-order chi connectivity index (χ1) is 5.41. The minimum absolute atomic E-state index is 0.886. The Hall–Kier alpha value is -0.780. The normalized spacial score (nSPS) is 11.4. The molecule has 11 heavy (non-hydrogen) atoms. The lowest BCUT2D eigenvalue weighted by atomic mass is 10.2. The largest absolute Gasteiger partial charge is 0.0888 e. The van der Waals surface area contributed by atoms with Crippen molar-refractivity contribution < 1.29 is 0 Å². The van der Waals surface area contributed by atoms with E-state index in [0.29, 0.717) is 0 Å². The van der Waals surface area contributed by atoms with Crippen LogP contribution in [-0.4, -0.2) is 0 Å². The highest BCUT2D eigenvalue weighted by molar-refractivity contribution is 4.90. The molecule has 0 nitrogen and oxygen atoms in total. The first kappa shape index (κ1) is 10.2. The maximum absolute atomic E-state index is 5.20. The summed E-state index contributed by atoms with van der Waals surface area (Å²) in [6, 6.07) is 0. The molecule has 0 aromatic rings. The molecule has 0 heterocycles. The van der Waals surface area contributed by atoms with Gasteiger partial charge in [0.25, 0.3) is 0 Å². The second-order valence-corrected chi connectivity index (χ2v) is 2.40. The van der Waals surface area contributed by atoms with Crippen LogP contribution in [-0.2, 0) is 0 Å². The second kappa shape index (κ2) is 9.22. The molecule has 0 aliphatic heterocycles. The van der Waals surface area contributed by atoms with Gasteiger partial charge in [-0.15, -0.1) is 0 Å². The average molecular weight is 149 g/mol. The highest BCUT2D eigenvalue weighted by atomic mass is 13.8. The Morgan fingerprint density at radius 2 is 1.64 bits per heavy atom. The fraction of sp³-hybridized carbons (Fsp3) is 0.455. The third-order valence-corrected chi connectivity index (χ3v) is 1.34. The number of hydrogen-bond acceptors (Lipinski definition) is 0. The van der Waals surface area contributed by atoms with Crippen molar-refractivity contribution in [1.82, 2.24) is 0 Å². The van der Waals surface area contributed by atoms with Crippen molar-refractivity contribution >= 4 is 0 Å². The van der Waals surface area contributed by atoms with Crippen molar-refractivity contribution in [2.45, 2.75) is 32.6 Å². The van der Waals surface area contributed by atoms with Gasteiger partial charge in [0.05, 0.1) is 0 Å².